The summed E-state index contributed by atoms with van der Waals surface area (Å²) >= 11 is 0. The normalized spacial score (nSPS) is 11.1. The van der Waals surface area contributed by atoms with E-state index in [1.165, 1.54) is 18.2 Å². The SMILES string of the molecule is Nc1ccc(S(=O)(=O)Oc2ccccc2)c(N)c1. The zero-order valence-electron chi connectivity index (χ0n) is 9.41. The van der Waals surface area contributed by atoms with Gasteiger partial charge in [0.25, 0.3) is 0 Å². The molecule has 2 aromatic carbocycles. The van der Waals surface area contributed by atoms with Crippen LogP contribution in [0.1, 0.15) is 0 Å². The maximum Gasteiger partial charge on any atom is 0.341 e. The molecule has 0 aliphatic rings. The van der Waals surface area contributed by atoms with E-state index in [0.717, 1.165) is 0 Å². The molecule has 0 spiro atoms. The molecule has 94 valence electrons. The van der Waals surface area contributed by atoms with Crippen LogP contribution in [0.3, 0.4) is 0 Å². The van der Waals surface area contributed by atoms with Crippen LogP contribution in [0, 0.1) is 0 Å². The van der Waals surface area contributed by atoms with Crippen molar-refractivity contribution in [2.75, 3.05) is 11.5 Å². The Bertz CT molecular complexity index is 654. The van der Waals surface area contributed by atoms with Crippen molar-refractivity contribution in [2.24, 2.45) is 0 Å². The van der Waals surface area contributed by atoms with E-state index in [1.54, 1.807) is 30.3 Å². The topological polar surface area (TPSA) is 95.4 Å². The number of hydrogen-bond donors (Lipinski definition) is 2. The van der Waals surface area contributed by atoms with E-state index >= 15 is 0 Å². The van der Waals surface area contributed by atoms with Gasteiger partial charge in [0.1, 0.15) is 10.6 Å². The molecule has 0 amide bonds. The Morgan fingerprint density at radius 2 is 1.61 bits per heavy atom. The molecular formula is C12H12N2O3S. The van der Waals surface area contributed by atoms with Gasteiger partial charge in [-0.05, 0) is 30.3 Å². The van der Waals surface area contributed by atoms with Crippen LogP contribution in [-0.4, -0.2) is 8.42 Å². The molecule has 0 heterocycles. The fourth-order valence-electron chi connectivity index (χ4n) is 1.44. The van der Waals surface area contributed by atoms with Gasteiger partial charge in [0.05, 0.1) is 5.69 Å². The van der Waals surface area contributed by atoms with Crippen molar-refractivity contribution in [1.82, 2.24) is 0 Å². The largest absolute Gasteiger partial charge is 0.399 e. The fraction of sp³-hybridized carbons (Fsp3) is 0. The lowest BCUT2D eigenvalue weighted by Gasteiger charge is -2.09. The predicted octanol–water partition coefficient (Wildman–Crippen LogP) is 1.62. The standard InChI is InChI=1S/C12H12N2O3S/c13-9-6-7-12(11(14)8-9)18(15,16)17-10-4-2-1-3-5-10/h1-8H,13-14H2. The Hall–Kier alpha value is -2.21. The van der Waals surface area contributed by atoms with E-state index in [2.05, 4.69) is 0 Å². The molecule has 2 rings (SSSR count). The lowest BCUT2D eigenvalue weighted by atomic mass is 10.3. The zero-order chi connectivity index (χ0) is 13.2. The average molecular weight is 264 g/mol. The molecule has 0 unspecified atom stereocenters. The second kappa shape index (κ2) is 4.58. The third-order valence-electron chi connectivity index (χ3n) is 2.25. The monoisotopic (exact) mass is 264 g/mol. The van der Waals surface area contributed by atoms with Crippen molar-refractivity contribution in [3.05, 3.63) is 48.5 Å². The molecule has 0 radical (unpaired) electrons. The van der Waals surface area contributed by atoms with Gasteiger partial charge >= 0.3 is 10.1 Å². The lowest BCUT2D eigenvalue weighted by Crippen LogP contribution is -2.12. The maximum atomic E-state index is 12.0. The molecule has 5 nitrogen and oxygen atoms in total. The van der Waals surface area contributed by atoms with E-state index in [-0.39, 0.29) is 16.3 Å². The van der Waals surface area contributed by atoms with E-state index < -0.39 is 10.1 Å². The Kier molecular flexibility index (Phi) is 3.12. The molecule has 18 heavy (non-hydrogen) atoms. The minimum absolute atomic E-state index is 0.0610. The van der Waals surface area contributed by atoms with E-state index in [9.17, 15) is 8.42 Å². The lowest BCUT2D eigenvalue weighted by molar-refractivity contribution is 0.486. The van der Waals surface area contributed by atoms with E-state index in [0.29, 0.717) is 5.69 Å². The van der Waals surface area contributed by atoms with Crippen molar-refractivity contribution in [3.63, 3.8) is 0 Å². The Morgan fingerprint density at radius 1 is 0.944 bits per heavy atom. The Morgan fingerprint density at radius 3 is 2.22 bits per heavy atom. The van der Waals surface area contributed by atoms with Crippen molar-refractivity contribution >= 4 is 21.5 Å². The van der Waals surface area contributed by atoms with Crippen LogP contribution in [0.15, 0.2) is 53.4 Å². The first kappa shape index (κ1) is 12.3. The number of rotatable bonds is 3. The Balaban J connectivity index is 2.37. The van der Waals surface area contributed by atoms with Gasteiger partial charge in [-0.15, -0.1) is 0 Å². The van der Waals surface area contributed by atoms with Crippen LogP contribution < -0.4 is 15.7 Å². The van der Waals surface area contributed by atoms with Gasteiger partial charge in [0, 0.05) is 5.69 Å². The molecule has 0 bridgehead atoms. The summed E-state index contributed by atoms with van der Waals surface area (Å²) in [4.78, 5) is -0.0967. The minimum Gasteiger partial charge on any atom is -0.399 e. The summed E-state index contributed by atoms with van der Waals surface area (Å²) in [5.74, 6) is 0.230. The molecule has 2 aromatic rings. The van der Waals surface area contributed by atoms with Gasteiger partial charge < -0.3 is 15.7 Å². The number of nitrogens with two attached hydrogens (primary N) is 2. The maximum absolute atomic E-state index is 12.0. The second-order valence-corrected chi connectivity index (χ2v) is 5.16. The summed E-state index contributed by atoms with van der Waals surface area (Å²) in [5.41, 5.74) is 11.6. The molecule has 6 heteroatoms. The molecule has 0 saturated carbocycles. The number of hydrogen-bond acceptors (Lipinski definition) is 5. The van der Waals surface area contributed by atoms with Crippen LogP contribution in [0.25, 0.3) is 0 Å². The highest BCUT2D eigenvalue weighted by molar-refractivity contribution is 7.87. The highest BCUT2D eigenvalue weighted by Gasteiger charge is 2.19. The highest BCUT2D eigenvalue weighted by atomic mass is 32.2. The molecule has 0 aliphatic carbocycles. The van der Waals surface area contributed by atoms with Gasteiger partial charge in [-0.2, -0.15) is 8.42 Å². The van der Waals surface area contributed by atoms with Crippen molar-refractivity contribution in [3.8, 4) is 5.75 Å². The molecule has 0 saturated heterocycles. The zero-order valence-corrected chi connectivity index (χ0v) is 10.2. The summed E-state index contributed by atoms with van der Waals surface area (Å²) in [6, 6.07) is 12.4. The smallest absolute Gasteiger partial charge is 0.341 e. The van der Waals surface area contributed by atoms with Gasteiger partial charge in [0.15, 0.2) is 0 Å². The second-order valence-electron chi connectivity index (χ2n) is 3.65. The summed E-state index contributed by atoms with van der Waals surface area (Å²) in [6.45, 7) is 0. The van der Waals surface area contributed by atoms with Crippen LogP contribution >= 0.6 is 0 Å². The van der Waals surface area contributed by atoms with Gasteiger partial charge in [-0.1, -0.05) is 18.2 Å². The van der Waals surface area contributed by atoms with E-state index in [4.69, 9.17) is 15.7 Å². The summed E-state index contributed by atoms with van der Waals surface area (Å²) in [6.07, 6.45) is 0. The summed E-state index contributed by atoms with van der Waals surface area (Å²) in [7, 11) is -3.94. The number of para-hydroxylation sites is 1. The first-order chi connectivity index (χ1) is 8.49. The number of anilines is 2. The summed E-state index contributed by atoms with van der Waals surface area (Å²) < 4.78 is 28.9. The van der Waals surface area contributed by atoms with Crippen LogP contribution in [-0.2, 0) is 10.1 Å². The fourth-order valence-corrected chi connectivity index (χ4v) is 2.48. The molecule has 0 fully saturated rings. The van der Waals surface area contributed by atoms with Crippen LogP contribution in [0.2, 0.25) is 0 Å². The van der Waals surface area contributed by atoms with E-state index in [1.807, 2.05) is 0 Å². The molecule has 0 aliphatic heterocycles. The number of nitrogen functional groups attached to an aromatic ring is 2. The van der Waals surface area contributed by atoms with Gasteiger partial charge in [-0.3, -0.25) is 0 Å². The third kappa shape index (κ3) is 2.54. The molecule has 0 atom stereocenters. The first-order valence-corrected chi connectivity index (χ1v) is 6.54. The number of benzene rings is 2. The molecule has 4 N–H and O–H groups in total. The van der Waals surface area contributed by atoms with Crippen molar-refractivity contribution < 1.29 is 12.6 Å². The van der Waals surface area contributed by atoms with Crippen LogP contribution in [0.4, 0.5) is 11.4 Å². The minimum atomic E-state index is -3.94. The van der Waals surface area contributed by atoms with Crippen molar-refractivity contribution in [2.45, 2.75) is 4.90 Å². The average Bonchev–Trinajstić information content (AvgIpc) is 2.29. The third-order valence-corrected chi connectivity index (χ3v) is 3.57. The van der Waals surface area contributed by atoms with Crippen LogP contribution in [0.5, 0.6) is 5.75 Å². The molecule has 0 aromatic heterocycles. The predicted molar refractivity (Wildman–Crippen MR) is 69.5 cm³/mol. The Labute approximate surface area is 105 Å². The van der Waals surface area contributed by atoms with Crippen molar-refractivity contribution in [1.29, 1.82) is 0 Å². The highest BCUT2D eigenvalue weighted by Crippen LogP contribution is 2.24. The molecular weight excluding hydrogens is 252 g/mol. The first-order valence-electron chi connectivity index (χ1n) is 5.13. The van der Waals surface area contributed by atoms with Gasteiger partial charge in [0.2, 0.25) is 0 Å². The quantitative estimate of drug-likeness (QED) is 0.648. The summed E-state index contributed by atoms with van der Waals surface area (Å²) in [5, 5.41) is 0. The van der Waals surface area contributed by atoms with Gasteiger partial charge in [-0.25, -0.2) is 0 Å².